The Hall–Kier alpha value is -3.60. The maximum Gasteiger partial charge on any atom is 0.349 e. The zero-order valence-electron chi connectivity index (χ0n) is 17.5. The number of hydrogen-bond acceptors (Lipinski definition) is 8. The lowest BCUT2D eigenvalue weighted by molar-refractivity contribution is 0.162. The lowest BCUT2D eigenvalue weighted by Crippen LogP contribution is -2.37. The number of aromatic nitrogens is 3. The van der Waals surface area contributed by atoms with Gasteiger partial charge in [0, 0.05) is 11.5 Å². The van der Waals surface area contributed by atoms with Crippen molar-refractivity contribution in [2.24, 2.45) is 5.10 Å². The predicted molar refractivity (Wildman–Crippen MR) is 128 cm³/mol. The molecule has 0 saturated heterocycles. The fourth-order valence-corrected chi connectivity index (χ4v) is 4.53. The van der Waals surface area contributed by atoms with Gasteiger partial charge in [0.25, 0.3) is 5.56 Å². The van der Waals surface area contributed by atoms with Gasteiger partial charge in [0.05, 0.1) is 15.7 Å². The van der Waals surface area contributed by atoms with Gasteiger partial charge in [-0.05, 0) is 36.1 Å². The Bertz CT molecular complexity index is 1440. The van der Waals surface area contributed by atoms with Gasteiger partial charge in [-0.3, -0.25) is 15.2 Å². The molecule has 1 atom stereocenters. The van der Waals surface area contributed by atoms with Gasteiger partial charge in [0.2, 0.25) is 11.7 Å². The Morgan fingerprint density at radius 1 is 1.15 bits per heavy atom. The van der Waals surface area contributed by atoms with Crippen LogP contribution in [0.5, 0.6) is 5.75 Å². The number of nitrogens with one attached hydrogen (secondary N) is 2. The van der Waals surface area contributed by atoms with Gasteiger partial charge in [-0.25, -0.2) is 4.79 Å². The monoisotopic (exact) mass is 500 g/mol. The van der Waals surface area contributed by atoms with Crippen LogP contribution in [0.1, 0.15) is 18.4 Å². The molecule has 174 valence electrons. The number of aliphatic hydroxyl groups excluding tert-OH is 1. The van der Waals surface area contributed by atoms with E-state index in [1.165, 1.54) is 12.1 Å². The molecule has 5 N–H and O–H groups in total. The van der Waals surface area contributed by atoms with E-state index in [2.05, 4.69) is 20.6 Å². The summed E-state index contributed by atoms with van der Waals surface area (Å²) in [6, 6.07) is 12.7. The minimum absolute atomic E-state index is 0.0638. The molecule has 2 aromatic carbocycles. The highest BCUT2D eigenvalue weighted by Gasteiger charge is 2.50. The van der Waals surface area contributed by atoms with E-state index in [1.54, 1.807) is 6.08 Å². The summed E-state index contributed by atoms with van der Waals surface area (Å²) in [6.45, 7) is 0. The van der Waals surface area contributed by atoms with Crippen LogP contribution in [0.2, 0.25) is 10.0 Å². The van der Waals surface area contributed by atoms with Crippen molar-refractivity contribution >= 4 is 34.9 Å². The Morgan fingerprint density at radius 2 is 1.82 bits per heavy atom. The van der Waals surface area contributed by atoms with E-state index < -0.39 is 23.3 Å². The van der Waals surface area contributed by atoms with E-state index in [-0.39, 0.29) is 32.8 Å². The second-order valence-electron chi connectivity index (χ2n) is 7.93. The SMILES string of the molecule is Nc1nn(-c2cc(Cl)c(OC3=NNC(O)C(C4(c5ccccc5)CC4)=C3)c(Cl)c2)c(=O)[nH]c1=O. The van der Waals surface area contributed by atoms with Crippen molar-refractivity contribution in [2.75, 3.05) is 5.73 Å². The van der Waals surface area contributed by atoms with Gasteiger partial charge in [-0.2, -0.15) is 4.68 Å². The van der Waals surface area contributed by atoms with Crippen LogP contribution >= 0.6 is 23.2 Å². The van der Waals surface area contributed by atoms with Gasteiger partial charge in [0.1, 0.15) is 0 Å². The number of anilines is 1. The zero-order chi connectivity index (χ0) is 24.0. The van der Waals surface area contributed by atoms with Crippen LogP contribution in [0.4, 0.5) is 5.82 Å². The number of benzene rings is 2. The summed E-state index contributed by atoms with van der Waals surface area (Å²) < 4.78 is 6.73. The van der Waals surface area contributed by atoms with Crippen molar-refractivity contribution in [3.63, 3.8) is 0 Å². The van der Waals surface area contributed by atoms with Crippen LogP contribution in [-0.2, 0) is 5.41 Å². The van der Waals surface area contributed by atoms with Gasteiger partial charge >= 0.3 is 5.69 Å². The van der Waals surface area contributed by atoms with E-state index in [0.29, 0.717) is 0 Å². The number of nitrogens with zero attached hydrogens (tertiary/aromatic N) is 3. The molecule has 2 heterocycles. The number of halogens is 2. The van der Waals surface area contributed by atoms with Crippen LogP contribution in [0.3, 0.4) is 0 Å². The van der Waals surface area contributed by atoms with Gasteiger partial charge in [-0.15, -0.1) is 10.2 Å². The summed E-state index contributed by atoms with van der Waals surface area (Å²) in [5.41, 5.74) is 8.28. The summed E-state index contributed by atoms with van der Waals surface area (Å²) in [5, 5.41) is 18.5. The molecule has 0 bridgehead atoms. The number of aromatic amines is 1. The number of hydrogen-bond donors (Lipinski definition) is 4. The van der Waals surface area contributed by atoms with Crippen molar-refractivity contribution in [2.45, 2.75) is 24.5 Å². The lowest BCUT2D eigenvalue weighted by atomic mass is 9.86. The molecule has 1 unspecified atom stereocenters. The van der Waals surface area contributed by atoms with Crippen LogP contribution in [0, 0.1) is 0 Å². The minimum Gasteiger partial charge on any atom is -0.434 e. The Kier molecular flexibility index (Phi) is 5.43. The molecule has 10 nitrogen and oxygen atoms in total. The largest absolute Gasteiger partial charge is 0.434 e. The first-order valence-corrected chi connectivity index (χ1v) is 11.0. The third-order valence-corrected chi connectivity index (χ3v) is 6.35. The topological polar surface area (TPSA) is 148 Å². The first kappa shape index (κ1) is 22.2. The quantitative estimate of drug-likeness (QED) is 0.428. The number of nitrogens with two attached hydrogens (primary N) is 1. The standard InChI is InChI=1S/C22H18Cl2N6O4/c23-14-8-12(30-21(33)26-20(32)18(25)29-30)9-15(24)17(14)34-16-10-13(19(31)28-27-16)22(6-7-22)11-4-2-1-3-5-11/h1-5,8-10,19,28,31H,6-7H2,(H2,25,29)(H,26,32,33). The van der Waals surface area contributed by atoms with Gasteiger partial charge in [-0.1, -0.05) is 53.5 Å². The molecule has 3 aromatic rings. The highest BCUT2D eigenvalue weighted by Crippen LogP contribution is 2.54. The number of aliphatic hydroxyl groups is 1. The molecule has 34 heavy (non-hydrogen) atoms. The molecular formula is C22H18Cl2N6O4. The van der Waals surface area contributed by atoms with Crippen molar-refractivity contribution in [1.82, 2.24) is 20.2 Å². The molecule has 1 aromatic heterocycles. The molecule has 2 aliphatic rings. The minimum atomic E-state index is -0.966. The summed E-state index contributed by atoms with van der Waals surface area (Å²) in [6.07, 6.45) is 2.48. The van der Waals surface area contributed by atoms with E-state index in [0.717, 1.165) is 28.7 Å². The van der Waals surface area contributed by atoms with E-state index in [4.69, 9.17) is 33.7 Å². The molecule has 1 fully saturated rings. The average molecular weight is 501 g/mol. The Labute approximate surface area is 202 Å². The number of ether oxygens (including phenoxy) is 1. The Balaban J connectivity index is 1.47. The van der Waals surface area contributed by atoms with Crippen molar-refractivity contribution in [1.29, 1.82) is 0 Å². The second-order valence-corrected chi connectivity index (χ2v) is 8.74. The van der Waals surface area contributed by atoms with E-state index in [9.17, 15) is 14.7 Å². The molecule has 1 aliphatic carbocycles. The fraction of sp³-hybridized carbons (Fsp3) is 0.182. The average Bonchev–Trinajstić information content (AvgIpc) is 3.62. The lowest BCUT2D eigenvalue weighted by Gasteiger charge is -2.27. The van der Waals surface area contributed by atoms with Crippen molar-refractivity contribution in [3.05, 3.63) is 90.6 Å². The highest BCUT2D eigenvalue weighted by molar-refractivity contribution is 6.37. The van der Waals surface area contributed by atoms with E-state index >= 15 is 0 Å². The van der Waals surface area contributed by atoms with Crippen molar-refractivity contribution in [3.8, 4) is 11.4 Å². The maximum absolute atomic E-state index is 12.1. The zero-order valence-corrected chi connectivity index (χ0v) is 19.0. The third kappa shape index (κ3) is 3.85. The molecule has 0 spiro atoms. The number of H-pyrrole nitrogens is 1. The smallest absolute Gasteiger partial charge is 0.349 e. The molecule has 0 radical (unpaired) electrons. The van der Waals surface area contributed by atoms with Crippen LogP contribution in [0.15, 0.2) is 68.8 Å². The molecule has 1 saturated carbocycles. The first-order chi connectivity index (χ1) is 16.3. The van der Waals surface area contributed by atoms with Crippen molar-refractivity contribution < 1.29 is 9.84 Å². The normalized spacial score (nSPS) is 18.5. The molecule has 5 rings (SSSR count). The summed E-state index contributed by atoms with van der Waals surface area (Å²) >= 11 is 12.8. The van der Waals surface area contributed by atoms with Crippen LogP contribution in [0.25, 0.3) is 5.69 Å². The van der Waals surface area contributed by atoms with Gasteiger partial charge in [0.15, 0.2) is 12.0 Å². The summed E-state index contributed by atoms with van der Waals surface area (Å²) in [7, 11) is 0. The molecule has 1 aliphatic heterocycles. The predicted octanol–water partition coefficient (Wildman–Crippen LogP) is 2.08. The summed E-state index contributed by atoms with van der Waals surface area (Å²) in [4.78, 5) is 25.6. The number of hydrazone groups is 1. The summed E-state index contributed by atoms with van der Waals surface area (Å²) in [5.74, 6) is -0.143. The third-order valence-electron chi connectivity index (χ3n) is 5.79. The number of nitrogen functional groups attached to an aromatic ring is 1. The maximum atomic E-state index is 12.1. The Morgan fingerprint density at radius 3 is 2.47 bits per heavy atom. The first-order valence-electron chi connectivity index (χ1n) is 10.2. The highest BCUT2D eigenvalue weighted by atomic mass is 35.5. The van der Waals surface area contributed by atoms with Crippen LogP contribution in [-0.4, -0.2) is 32.0 Å². The second kappa shape index (κ2) is 8.32. The molecule has 12 heteroatoms. The molecular weight excluding hydrogens is 483 g/mol. The molecule has 0 amide bonds. The van der Waals surface area contributed by atoms with Crippen LogP contribution < -0.4 is 27.1 Å². The number of rotatable bonds is 4. The fourth-order valence-electron chi connectivity index (χ4n) is 3.98. The van der Waals surface area contributed by atoms with E-state index in [1.807, 2.05) is 30.3 Å². The van der Waals surface area contributed by atoms with Gasteiger partial charge < -0.3 is 15.6 Å².